The molecule has 0 bridgehead atoms. The predicted octanol–water partition coefficient (Wildman–Crippen LogP) is 3.71. The lowest BCUT2D eigenvalue weighted by Gasteiger charge is -2.29. The first-order chi connectivity index (χ1) is 16.2. The normalized spacial score (nSPS) is 15.9. The SMILES string of the molecule is CC(=O)N1CCCN(CC(C)C)CCN(C(=O)CCc2c(C)nn(C)c2C)Cc2ccccc21. The highest BCUT2D eigenvalue weighted by atomic mass is 16.2. The van der Waals surface area contributed by atoms with E-state index in [1.54, 1.807) is 6.92 Å². The van der Waals surface area contributed by atoms with E-state index in [1.807, 2.05) is 52.7 Å². The molecule has 1 aromatic carbocycles. The minimum Gasteiger partial charge on any atom is -0.337 e. The van der Waals surface area contributed by atoms with Gasteiger partial charge in [-0.15, -0.1) is 0 Å². The van der Waals surface area contributed by atoms with Crippen LogP contribution in [0.2, 0.25) is 0 Å². The fourth-order valence-electron chi connectivity index (χ4n) is 4.95. The Bertz CT molecular complexity index is 997. The van der Waals surface area contributed by atoms with Crippen molar-refractivity contribution in [2.24, 2.45) is 13.0 Å². The van der Waals surface area contributed by atoms with Gasteiger partial charge in [-0.25, -0.2) is 0 Å². The van der Waals surface area contributed by atoms with Gasteiger partial charge in [-0.3, -0.25) is 14.3 Å². The number of aryl methyl sites for hydroxylation is 2. The summed E-state index contributed by atoms with van der Waals surface area (Å²) in [6.07, 6.45) is 2.06. The van der Waals surface area contributed by atoms with Gasteiger partial charge in [0, 0.05) is 64.5 Å². The molecule has 0 saturated carbocycles. The Morgan fingerprint density at radius 2 is 1.79 bits per heavy atom. The molecule has 2 heterocycles. The Kier molecular flexibility index (Phi) is 8.89. The summed E-state index contributed by atoms with van der Waals surface area (Å²) in [7, 11) is 1.95. The quantitative estimate of drug-likeness (QED) is 0.673. The molecule has 1 aliphatic rings. The minimum atomic E-state index is 0.0440. The molecule has 186 valence electrons. The van der Waals surface area contributed by atoms with Crippen LogP contribution in [0.25, 0.3) is 0 Å². The van der Waals surface area contributed by atoms with Gasteiger partial charge in [0.15, 0.2) is 0 Å². The number of carbonyl (C=O) groups is 2. The van der Waals surface area contributed by atoms with Gasteiger partial charge >= 0.3 is 0 Å². The van der Waals surface area contributed by atoms with Crippen molar-refractivity contribution in [1.82, 2.24) is 19.6 Å². The number of nitrogens with zero attached hydrogens (tertiary/aromatic N) is 5. The lowest BCUT2D eigenvalue weighted by Crippen LogP contribution is -2.40. The van der Waals surface area contributed by atoms with E-state index in [4.69, 9.17) is 0 Å². The van der Waals surface area contributed by atoms with Crippen molar-refractivity contribution >= 4 is 17.5 Å². The number of benzene rings is 1. The number of fused-ring (bicyclic) bond motifs is 1. The topological polar surface area (TPSA) is 61.7 Å². The van der Waals surface area contributed by atoms with Crippen LogP contribution in [0.3, 0.4) is 0 Å². The fraction of sp³-hybridized carbons (Fsp3) is 0.593. The summed E-state index contributed by atoms with van der Waals surface area (Å²) in [6.45, 7) is 14.8. The smallest absolute Gasteiger partial charge is 0.223 e. The zero-order chi connectivity index (χ0) is 24.8. The van der Waals surface area contributed by atoms with Crippen LogP contribution in [-0.4, -0.2) is 64.1 Å². The molecule has 2 amide bonds. The van der Waals surface area contributed by atoms with E-state index < -0.39 is 0 Å². The number of amides is 2. The maximum Gasteiger partial charge on any atom is 0.223 e. The first-order valence-electron chi connectivity index (χ1n) is 12.5. The molecule has 1 aliphatic heterocycles. The number of anilines is 1. The molecule has 1 aromatic heterocycles. The second-order valence-corrected chi connectivity index (χ2v) is 9.94. The Hall–Kier alpha value is -2.67. The van der Waals surface area contributed by atoms with Crippen molar-refractivity contribution in [3.05, 3.63) is 46.8 Å². The van der Waals surface area contributed by atoms with E-state index in [0.717, 1.165) is 48.7 Å². The molecule has 0 fully saturated rings. The Balaban J connectivity index is 1.86. The fourth-order valence-corrected chi connectivity index (χ4v) is 4.95. The van der Waals surface area contributed by atoms with Crippen LogP contribution >= 0.6 is 0 Å². The molecule has 0 aliphatic carbocycles. The van der Waals surface area contributed by atoms with Crippen molar-refractivity contribution in [3.63, 3.8) is 0 Å². The minimum absolute atomic E-state index is 0.0440. The molecule has 0 unspecified atom stereocenters. The largest absolute Gasteiger partial charge is 0.337 e. The molecule has 2 aromatic rings. The van der Waals surface area contributed by atoms with Crippen LogP contribution in [0.1, 0.15) is 56.1 Å². The highest BCUT2D eigenvalue weighted by Crippen LogP contribution is 2.24. The summed E-state index contributed by atoms with van der Waals surface area (Å²) >= 11 is 0. The highest BCUT2D eigenvalue weighted by Gasteiger charge is 2.23. The number of para-hydroxylation sites is 1. The standard InChI is InChI=1S/C27H41N5O2/c1-20(2)18-30-14-9-15-32(23(5)33)26-11-8-7-10-24(26)19-31(17-16-30)27(34)13-12-25-21(3)28-29(6)22(25)4/h7-8,10-11,20H,9,12-19H2,1-6H3. The van der Waals surface area contributed by atoms with Crippen molar-refractivity contribution in [2.75, 3.05) is 37.6 Å². The first-order valence-corrected chi connectivity index (χ1v) is 12.5. The van der Waals surface area contributed by atoms with Crippen molar-refractivity contribution in [2.45, 2.75) is 60.4 Å². The third kappa shape index (κ3) is 6.47. The molecule has 0 atom stereocenters. The second kappa shape index (κ2) is 11.6. The Morgan fingerprint density at radius 1 is 1.06 bits per heavy atom. The highest BCUT2D eigenvalue weighted by molar-refractivity contribution is 5.92. The molecule has 7 heteroatoms. The average Bonchev–Trinajstić information content (AvgIpc) is 3.00. The van der Waals surface area contributed by atoms with E-state index in [0.29, 0.717) is 38.4 Å². The van der Waals surface area contributed by atoms with E-state index in [9.17, 15) is 9.59 Å². The molecule has 0 N–H and O–H groups in total. The van der Waals surface area contributed by atoms with Gasteiger partial charge in [-0.2, -0.15) is 5.10 Å². The summed E-state index contributed by atoms with van der Waals surface area (Å²) in [5.41, 5.74) is 5.23. The maximum atomic E-state index is 13.5. The van der Waals surface area contributed by atoms with Gasteiger partial charge in [-0.05, 0) is 56.3 Å². The van der Waals surface area contributed by atoms with Crippen molar-refractivity contribution in [1.29, 1.82) is 0 Å². The monoisotopic (exact) mass is 467 g/mol. The van der Waals surface area contributed by atoms with Crippen molar-refractivity contribution in [3.8, 4) is 0 Å². The molecular formula is C27H41N5O2. The number of aromatic nitrogens is 2. The summed E-state index contributed by atoms with van der Waals surface area (Å²) in [6, 6.07) is 8.02. The first kappa shape index (κ1) is 25.9. The zero-order valence-corrected chi connectivity index (χ0v) is 21.8. The molecule has 34 heavy (non-hydrogen) atoms. The molecule has 7 nitrogen and oxygen atoms in total. The van der Waals surface area contributed by atoms with Crippen LogP contribution < -0.4 is 4.90 Å². The molecule has 0 spiro atoms. The van der Waals surface area contributed by atoms with E-state index >= 15 is 0 Å². The summed E-state index contributed by atoms with van der Waals surface area (Å²) in [5, 5.41) is 4.50. The summed E-state index contributed by atoms with van der Waals surface area (Å²) in [4.78, 5) is 32.3. The molecule has 3 rings (SSSR count). The molecule has 0 radical (unpaired) electrons. The van der Waals surface area contributed by atoms with Crippen LogP contribution in [0.5, 0.6) is 0 Å². The average molecular weight is 468 g/mol. The maximum absolute atomic E-state index is 13.5. The second-order valence-electron chi connectivity index (χ2n) is 9.94. The predicted molar refractivity (Wildman–Crippen MR) is 137 cm³/mol. The van der Waals surface area contributed by atoms with Crippen LogP contribution in [0.4, 0.5) is 5.69 Å². The van der Waals surface area contributed by atoms with E-state index in [2.05, 4.69) is 30.8 Å². The molecule has 0 saturated heterocycles. The van der Waals surface area contributed by atoms with Crippen molar-refractivity contribution < 1.29 is 9.59 Å². The van der Waals surface area contributed by atoms with Crippen LogP contribution in [0, 0.1) is 19.8 Å². The van der Waals surface area contributed by atoms with E-state index in [-0.39, 0.29) is 11.8 Å². The lowest BCUT2D eigenvalue weighted by atomic mass is 10.1. The van der Waals surface area contributed by atoms with Gasteiger partial charge in [0.25, 0.3) is 0 Å². The van der Waals surface area contributed by atoms with E-state index in [1.165, 1.54) is 5.56 Å². The summed E-state index contributed by atoms with van der Waals surface area (Å²) in [5.74, 6) is 0.741. The van der Waals surface area contributed by atoms with Gasteiger partial charge in [0.05, 0.1) is 5.69 Å². The van der Waals surface area contributed by atoms with Crippen LogP contribution in [-0.2, 0) is 29.6 Å². The van der Waals surface area contributed by atoms with Gasteiger partial charge in [0.1, 0.15) is 0 Å². The van der Waals surface area contributed by atoms with Crippen LogP contribution in [0.15, 0.2) is 24.3 Å². The van der Waals surface area contributed by atoms with Gasteiger partial charge in [0.2, 0.25) is 11.8 Å². The number of hydrogen-bond donors (Lipinski definition) is 0. The summed E-state index contributed by atoms with van der Waals surface area (Å²) < 4.78 is 1.89. The van der Waals surface area contributed by atoms with Gasteiger partial charge in [-0.1, -0.05) is 32.0 Å². The Morgan fingerprint density at radius 3 is 2.44 bits per heavy atom. The number of carbonyl (C=O) groups excluding carboxylic acids is 2. The molecular weight excluding hydrogens is 426 g/mol. The zero-order valence-electron chi connectivity index (χ0n) is 21.8. The Labute approximate surface area is 204 Å². The third-order valence-electron chi connectivity index (χ3n) is 6.79. The number of hydrogen-bond acceptors (Lipinski definition) is 4. The van der Waals surface area contributed by atoms with Gasteiger partial charge < -0.3 is 14.7 Å². The lowest BCUT2D eigenvalue weighted by molar-refractivity contribution is -0.132. The number of rotatable bonds is 5. The third-order valence-corrected chi connectivity index (χ3v) is 6.79.